The molecule has 2 aromatic carbocycles. The molecule has 0 saturated heterocycles. The lowest BCUT2D eigenvalue weighted by Gasteiger charge is -2.13. The van der Waals surface area contributed by atoms with Gasteiger partial charge < -0.3 is 10.1 Å². The maximum absolute atomic E-state index is 13.1. The van der Waals surface area contributed by atoms with Crippen LogP contribution >= 0.6 is 0 Å². The number of H-pyrrole nitrogens is 1. The highest BCUT2D eigenvalue weighted by atomic mass is 16.5. The summed E-state index contributed by atoms with van der Waals surface area (Å²) < 4.78 is 6.61. The normalized spacial score (nSPS) is 10.9. The lowest BCUT2D eigenvalue weighted by molar-refractivity contribution is -0.119. The number of aryl methyl sites for hydroxylation is 3. The first-order valence-corrected chi connectivity index (χ1v) is 11.6. The summed E-state index contributed by atoms with van der Waals surface area (Å²) in [6.07, 6.45) is 0.608. The maximum atomic E-state index is 13.1. The van der Waals surface area contributed by atoms with Gasteiger partial charge in [-0.1, -0.05) is 43.3 Å². The van der Waals surface area contributed by atoms with Gasteiger partial charge in [0.2, 0.25) is 0 Å². The molecule has 9 heteroatoms. The summed E-state index contributed by atoms with van der Waals surface area (Å²) in [5, 5.41) is 2.63. The molecule has 0 saturated carbocycles. The number of carbonyl (C=O) groups excluding carboxylic acids is 2. The Morgan fingerprint density at radius 2 is 1.78 bits per heavy atom. The average molecular weight is 487 g/mol. The van der Waals surface area contributed by atoms with E-state index in [0.717, 1.165) is 11.1 Å². The number of anilines is 1. The fourth-order valence-electron chi connectivity index (χ4n) is 3.85. The molecule has 2 N–H and O–H groups in total. The predicted molar refractivity (Wildman–Crippen MR) is 137 cm³/mol. The Labute approximate surface area is 206 Å². The van der Waals surface area contributed by atoms with E-state index in [4.69, 9.17) is 4.74 Å². The van der Waals surface area contributed by atoms with Crippen molar-refractivity contribution in [3.05, 3.63) is 92.1 Å². The van der Waals surface area contributed by atoms with E-state index in [0.29, 0.717) is 29.9 Å². The minimum Gasteiger partial charge on any atom is -0.452 e. The number of carbonyl (C=O) groups is 2. The van der Waals surface area contributed by atoms with Crippen LogP contribution in [0.15, 0.2) is 64.2 Å². The Morgan fingerprint density at radius 3 is 2.47 bits per heavy atom. The second-order valence-electron chi connectivity index (χ2n) is 8.45. The van der Waals surface area contributed by atoms with Crippen molar-refractivity contribution in [1.29, 1.82) is 0 Å². The van der Waals surface area contributed by atoms with Crippen molar-refractivity contribution in [2.45, 2.75) is 33.7 Å². The van der Waals surface area contributed by atoms with Gasteiger partial charge in [-0.25, -0.2) is 14.6 Å². The predicted octanol–water partition coefficient (Wildman–Crippen LogP) is 3.57. The molecule has 0 fully saturated rings. The van der Waals surface area contributed by atoms with E-state index in [1.807, 2.05) is 51.1 Å². The molecule has 1 amide bonds. The zero-order valence-electron chi connectivity index (χ0n) is 20.3. The van der Waals surface area contributed by atoms with E-state index in [2.05, 4.69) is 15.3 Å². The Kier molecular flexibility index (Phi) is 7.10. The van der Waals surface area contributed by atoms with E-state index < -0.39 is 29.7 Å². The zero-order valence-corrected chi connectivity index (χ0v) is 20.3. The van der Waals surface area contributed by atoms with Crippen LogP contribution in [-0.4, -0.2) is 33.0 Å². The van der Waals surface area contributed by atoms with Gasteiger partial charge in [0.05, 0.1) is 16.6 Å². The van der Waals surface area contributed by atoms with Crippen molar-refractivity contribution in [3.8, 4) is 11.3 Å². The molecule has 4 aromatic rings. The molecule has 36 heavy (non-hydrogen) atoms. The summed E-state index contributed by atoms with van der Waals surface area (Å²) in [4.78, 5) is 57.6. The number of hydrogen-bond donors (Lipinski definition) is 2. The van der Waals surface area contributed by atoms with Crippen LogP contribution in [-0.2, 0) is 16.1 Å². The molecule has 0 aliphatic rings. The minimum absolute atomic E-state index is 0.0673. The number of hydrogen-bond acceptors (Lipinski definition) is 6. The topological polar surface area (TPSA) is 123 Å². The second-order valence-corrected chi connectivity index (χ2v) is 8.45. The van der Waals surface area contributed by atoms with Gasteiger partial charge in [0.25, 0.3) is 11.5 Å². The summed E-state index contributed by atoms with van der Waals surface area (Å²) >= 11 is 0. The third-order valence-electron chi connectivity index (χ3n) is 5.81. The highest BCUT2D eigenvalue weighted by Gasteiger charge is 2.22. The van der Waals surface area contributed by atoms with Crippen LogP contribution < -0.4 is 16.6 Å². The number of amides is 1. The number of ether oxygens (including phenoxy) is 1. The number of nitrogens with one attached hydrogen (secondary N) is 2. The minimum atomic E-state index is -0.873. The summed E-state index contributed by atoms with van der Waals surface area (Å²) in [6, 6.07) is 16.0. The largest absolute Gasteiger partial charge is 0.452 e. The lowest BCUT2D eigenvalue weighted by Crippen LogP contribution is -2.32. The van der Waals surface area contributed by atoms with Gasteiger partial charge in [-0.15, -0.1) is 0 Å². The molecule has 0 bridgehead atoms. The number of aromatic nitrogens is 3. The Bertz CT molecular complexity index is 1570. The third-order valence-corrected chi connectivity index (χ3v) is 5.81. The van der Waals surface area contributed by atoms with Crippen molar-refractivity contribution in [3.63, 3.8) is 0 Å². The molecular formula is C27H26N4O5. The summed E-state index contributed by atoms with van der Waals surface area (Å²) in [7, 11) is 0. The summed E-state index contributed by atoms with van der Waals surface area (Å²) in [6.45, 7) is 5.52. The van der Waals surface area contributed by atoms with Crippen molar-refractivity contribution in [1.82, 2.24) is 14.5 Å². The van der Waals surface area contributed by atoms with Crippen LogP contribution in [0.1, 0.15) is 34.8 Å². The standard InChI is InChI=1S/C27H26N4O5/c1-4-12-31-24-23(25(33)30-27(31)35)20(14-21(29-24)18-8-6-5-7-9-18)26(34)36-15-22(32)28-19-11-10-16(2)17(3)13-19/h5-11,13-14H,4,12,15H2,1-3H3,(H,28,32)(H,30,33,35). The van der Waals surface area contributed by atoms with Gasteiger partial charge >= 0.3 is 11.7 Å². The number of nitrogens with zero attached hydrogens (tertiary/aromatic N) is 2. The fraction of sp³-hybridized carbons (Fsp3) is 0.222. The molecule has 0 radical (unpaired) electrons. The monoisotopic (exact) mass is 486 g/mol. The number of aromatic amines is 1. The van der Waals surface area contributed by atoms with Crippen LogP contribution in [0.3, 0.4) is 0 Å². The SMILES string of the molecule is CCCn1c(=O)[nH]c(=O)c2c(C(=O)OCC(=O)Nc3ccc(C)c(C)c3)cc(-c3ccccc3)nc21. The van der Waals surface area contributed by atoms with Gasteiger partial charge in [-0.3, -0.25) is 19.1 Å². The summed E-state index contributed by atoms with van der Waals surface area (Å²) in [5.74, 6) is -1.40. The van der Waals surface area contributed by atoms with Crippen molar-refractivity contribution in [2.24, 2.45) is 0 Å². The van der Waals surface area contributed by atoms with E-state index in [1.54, 1.807) is 18.2 Å². The van der Waals surface area contributed by atoms with E-state index in [9.17, 15) is 19.2 Å². The zero-order chi connectivity index (χ0) is 25.8. The van der Waals surface area contributed by atoms with Crippen LogP contribution in [0.4, 0.5) is 5.69 Å². The third kappa shape index (κ3) is 5.10. The smallest absolute Gasteiger partial charge is 0.339 e. The Hall–Kier alpha value is -4.53. The highest BCUT2D eigenvalue weighted by molar-refractivity contribution is 6.04. The van der Waals surface area contributed by atoms with Gasteiger partial charge in [-0.05, 0) is 49.6 Å². The lowest BCUT2D eigenvalue weighted by atomic mass is 10.1. The Morgan fingerprint density at radius 1 is 1.03 bits per heavy atom. The molecule has 4 rings (SSSR count). The average Bonchev–Trinajstić information content (AvgIpc) is 2.87. The molecule has 0 aliphatic carbocycles. The number of esters is 1. The molecule has 0 spiro atoms. The molecule has 0 atom stereocenters. The number of fused-ring (bicyclic) bond motifs is 1. The van der Waals surface area contributed by atoms with Gasteiger partial charge in [-0.2, -0.15) is 0 Å². The van der Waals surface area contributed by atoms with Gasteiger partial charge in [0.15, 0.2) is 12.3 Å². The fourth-order valence-corrected chi connectivity index (χ4v) is 3.85. The van der Waals surface area contributed by atoms with Crippen molar-refractivity contribution in [2.75, 3.05) is 11.9 Å². The first-order valence-electron chi connectivity index (χ1n) is 11.6. The van der Waals surface area contributed by atoms with Crippen molar-refractivity contribution >= 4 is 28.6 Å². The van der Waals surface area contributed by atoms with Crippen LogP contribution in [0.2, 0.25) is 0 Å². The van der Waals surface area contributed by atoms with E-state index in [1.165, 1.54) is 10.6 Å². The van der Waals surface area contributed by atoms with Gasteiger partial charge in [0.1, 0.15) is 0 Å². The van der Waals surface area contributed by atoms with Crippen molar-refractivity contribution < 1.29 is 14.3 Å². The second kappa shape index (κ2) is 10.4. The molecule has 184 valence electrons. The molecule has 2 aromatic heterocycles. The molecule has 0 aliphatic heterocycles. The summed E-state index contributed by atoms with van der Waals surface area (Å²) in [5.41, 5.74) is 2.41. The molecule has 0 unspecified atom stereocenters. The van der Waals surface area contributed by atoms with E-state index >= 15 is 0 Å². The first-order chi connectivity index (χ1) is 17.3. The van der Waals surface area contributed by atoms with Crippen LogP contribution in [0.25, 0.3) is 22.3 Å². The Balaban J connectivity index is 1.70. The number of pyridine rings is 1. The van der Waals surface area contributed by atoms with E-state index in [-0.39, 0.29) is 16.6 Å². The molecule has 9 nitrogen and oxygen atoms in total. The van der Waals surface area contributed by atoms with Crippen LogP contribution in [0, 0.1) is 13.8 Å². The molecule has 2 heterocycles. The quantitative estimate of drug-likeness (QED) is 0.385. The highest BCUT2D eigenvalue weighted by Crippen LogP contribution is 2.23. The first kappa shape index (κ1) is 24.6. The number of benzene rings is 2. The number of rotatable bonds is 7. The molecular weight excluding hydrogens is 460 g/mol. The van der Waals surface area contributed by atoms with Crippen LogP contribution in [0.5, 0.6) is 0 Å². The van der Waals surface area contributed by atoms with Gasteiger partial charge in [0, 0.05) is 17.8 Å². The maximum Gasteiger partial charge on any atom is 0.339 e.